The molecule has 2 unspecified atom stereocenters. The number of thioether (sulfide) groups is 2. The lowest BCUT2D eigenvalue weighted by Crippen LogP contribution is -2.38. The van der Waals surface area contributed by atoms with Gasteiger partial charge in [-0.2, -0.15) is 36.2 Å². The van der Waals surface area contributed by atoms with E-state index in [0.717, 1.165) is 29.3 Å². The van der Waals surface area contributed by atoms with Crippen molar-refractivity contribution in [3.63, 3.8) is 0 Å². The maximum absolute atomic E-state index is 6.04. The van der Waals surface area contributed by atoms with Crippen LogP contribution in [0, 0.1) is 5.41 Å². The summed E-state index contributed by atoms with van der Waals surface area (Å²) in [5.41, 5.74) is 7.45. The van der Waals surface area contributed by atoms with E-state index in [2.05, 4.69) is 46.6 Å². The standard InChI is InChI=1S/C16H31NS3/c1-7-8-19-12-15(4,5)10-16(6,11-17)20-9-14(18)13(2)3/h7,14,18H,1-2,8-12,17H2,3-6H3. The normalized spacial score (nSPS) is 16.5. The highest BCUT2D eigenvalue weighted by molar-refractivity contribution is 8.01. The van der Waals surface area contributed by atoms with Crippen LogP contribution in [-0.4, -0.2) is 33.8 Å². The summed E-state index contributed by atoms with van der Waals surface area (Å²) in [5.74, 6) is 3.13. The first-order valence-corrected chi connectivity index (χ1v) is 9.67. The molecule has 0 aromatic carbocycles. The Labute approximate surface area is 140 Å². The lowest BCUT2D eigenvalue weighted by atomic mass is 9.84. The van der Waals surface area contributed by atoms with Gasteiger partial charge in [0.15, 0.2) is 0 Å². The highest BCUT2D eigenvalue weighted by atomic mass is 32.2. The number of thiol groups is 1. The van der Waals surface area contributed by atoms with E-state index in [1.807, 2.05) is 36.5 Å². The van der Waals surface area contributed by atoms with Crippen LogP contribution >= 0.6 is 36.2 Å². The van der Waals surface area contributed by atoms with Crippen molar-refractivity contribution in [1.29, 1.82) is 0 Å². The van der Waals surface area contributed by atoms with Gasteiger partial charge in [0.25, 0.3) is 0 Å². The second-order valence-corrected chi connectivity index (χ2v) is 9.73. The maximum atomic E-state index is 6.04. The van der Waals surface area contributed by atoms with E-state index < -0.39 is 0 Å². The van der Waals surface area contributed by atoms with Gasteiger partial charge in [0, 0.05) is 28.0 Å². The van der Waals surface area contributed by atoms with E-state index in [0.29, 0.717) is 6.54 Å². The Kier molecular flexibility index (Phi) is 9.73. The van der Waals surface area contributed by atoms with Crippen molar-refractivity contribution in [1.82, 2.24) is 0 Å². The van der Waals surface area contributed by atoms with Gasteiger partial charge in [-0.3, -0.25) is 0 Å². The molecule has 2 N–H and O–H groups in total. The van der Waals surface area contributed by atoms with Crippen LogP contribution in [-0.2, 0) is 0 Å². The summed E-state index contributed by atoms with van der Waals surface area (Å²) in [6.45, 7) is 17.4. The Morgan fingerprint density at radius 3 is 2.45 bits per heavy atom. The average Bonchev–Trinajstić information content (AvgIpc) is 2.35. The minimum atomic E-state index is 0.106. The summed E-state index contributed by atoms with van der Waals surface area (Å²) in [4.78, 5) is 0. The minimum absolute atomic E-state index is 0.106. The van der Waals surface area contributed by atoms with Crippen molar-refractivity contribution < 1.29 is 0 Å². The first-order chi connectivity index (χ1) is 9.16. The van der Waals surface area contributed by atoms with Gasteiger partial charge in [0.2, 0.25) is 0 Å². The second kappa shape index (κ2) is 9.50. The van der Waals surface area contributed by atoms with Crippen LogP contribution in [0.5, 0.6) is 0 Å². The van der Waals surface area contributed by atoms with E-state index >= 15 is 0 Å². The SMILES string of the molecule is C=CCSCC(C)(C)CC(C)(CN)SCC(S)C(=C)C. The van der Waals surface area contributed by atoms with Gasteiger partial charge in [-0.05, 0) is 31.4 Å². The summed E-state index contributed by atoms with van der Waals surface area (Å²) < 4.78 is 0.106. The van der Waals surface area contributed by atoms with Crippen molar-refractivity contribution in [3.8, 4) is 0 Å². The zero-order chi connectivity index (χ0) is 15.8. The molecule has 0 aliphatic rings. The Hall–Kier alpha value is 0.490. The molecule has 0 amide bonds. The summed E-state index contributed by atoms with van der Waals surface area (Å²) in [6, 6.07) is 0. The third-order valence-corrected chi connectivity index (χ3v) is 7.01. The number of hydrogen-bond donors (Lipinski definition) is 2. The average molecular weight is 334 g/mol. The van der Waals surface area contributed by atoms with Gasteiger partial charge in [-0.25, -0.2) is 0 Å². The quantitative estimate of drug-likeness (QED) is 0.327. The third kappa shape index (κ3) is 8.71. The third-order valence-electron chi connectivity index (χ3n) is 3.17. The molecule has 0 radical (unpaired) electrons. The van der Waals surface area contributed by atoms with E-state index in [-0.39, 0.29) is 15.4 Å². The highest BCUT2D eigenvalue weighted by Crippen LogP contribution is 2.39. The zero-order valence-corrected chi connectivity index (χ0v) is 16.0. The predicted molar refractivity (Wildman–Crippen MR) is 103 cm³/mol. The molecule has 0 aliphatic heterocycles. The largest absolute Gasteiger partial charge is 0.329 e. The molecule has 0 saturated carbocycles. The van der Waals surface area contributed by atoms with Crippen molar-refractivity contribution in [2.24, 2.45) is 11.1 Å². The van der Waals surface area contributed by atoms with Crippen LogP contribution < -0.4 is 5.73 Å². The first kappa shape index (κ1) is 20.5. The van der Waals surface area contributed by atoms with E-state index in [1.54, 1.807) is 0 Å². The molecular formula is C16H31NS3. The summed E-state index contributed by atoms with van der Waals surface area (Å²) >= 11 is 8.46. The maximum Gasteiger partial charge on any atom is 0.0311 e. The van der Waals surface area contributed by atoms with Gasteiger partial charge in [0.1, 0.15) is 0 Å². The lowest BCUT2D eigenvalue weighted by Gasteiger charge is -2.37. The van der Waals surface area contributed by atoms with Crippen molar-refractivity contribution in [3.05, 3.63) is 24.8 Å². The molecular weight excluding hydrogens is 302 g/mol. The molecule has 1 nitrogen and oxygen atoms in total. The molecule has 20 heavy (non-hydrogen) atoms. The second-order valence-electron chi connectivity index (χ2n) is 6.47. The van der Waals surface area contributed by atoms with Gasteiger partial charge >= 0.3 is 0 Å². The molecule has 0 spiro atoms. The zero-order valence-electron chi connectivity index (χ0n) is 13.4. The summed E-state index contributed by atoms with van der Waals surface area (Å²) in [6.07, 6.45) is 3.08. The Bertz CT molecular complexity index is 315. The van der Waals surface area contributed by atoms with Gasteiger partial charge in [-0.1, -0.05) is 32.1 Å². The van der Waals surface area contributed by atoms with Crippen LogP contribution in [0.1, 0.15) is 34.1 Å². The fourth-order valence-corrected chi connectivity index (χ4v) is 4.70. The minimum Gasteiger partial charge on any atom is -0.329 e. The van der Waals surface area contributed by atoms with Crippen molar-refractivity contribution in [2.45, 2.75) is 44.1 Å². The molecule has 0 fully saturated rings. The number of rotatable bonds is 11. The van der Waals surface area contributed by atoms with Crippen LogP contribution in [0.4, 0.5) is 0 Å². The molecule has 0 heterocycles. The van der Waals surface area contributed by atoms with Crippen molar-refractivity contribution >= 4 is 36.2 Å². The molecule has 0 aromatic rings. The summed E-state index contributed by atoms with van der Waals surface area (Å²) in [7, 11) is 0. The fraction of sp³-hybridized carbons (Fsp3) is 0.750. The monoisotopic (exact) mass is 333 g/mol. The van der Waals surface area contributed by atoms with E-state index in [9.17, 15) is 0 Å². The molecule has 0 bridgehead atoms. The Morgan fingerprint density at radius 1 is 1.40 bits per heavy atom. The molecule has 0 rings (SSSR count). The molecule has 0 aliphatic carbocycles. The predicted octanol–water partition coefficient (Wildman–Crippen LogP) is 4.65. The summed E-state index contributed by atoms with van der Waals surface area (Å²) in [5, 5.41) is 0.254. The van der Waals surface area contributed by atoms with Crippen LogP contribution in [0.25, 0.3) is 0 Å². The Morgan fingerprint density at radius 2 is 2.00 bits per heavy atom. The topological polar surface area (TPSA) is 26.0 Å². The first-order valence-electron chi connectivity index (χ1n) is 7.02. The van der Waals surface area contributed by atoms with Gasteiger partial charge in [0.05, 0.1) is 0 Å². The smallest absolute Gasteiger partial charge is 0.0311 e. The highest BCUT2D eigenvalue weighted by Gasteiger charge is 2.32. The number of hydrogen-bond acceptors (Lipinski definition) is 4. The van der Waals surface area contributed by atoms with Gasteiger partial charge < -0.3 is 5.73 Å². The van der Waals surface area contributed by atoms with Crippen molar-refractivity contribution in [2.75, 3.05) is 23.8 Å². The molecule has 0 aromatic heterocycles. The van der Waals surface area contributed by atoms with Crippen LogP contribution in [0.2, 0.25) is 0 Å². The molecule has 4 heteroatoms. The molecule has 118 valence electrons. The molecule has 0 saturated heterocycles. The van der Waals surface area contributed by atoms with Gasteiger partial charge in [-0.15, -0.1) is 6.58 Å². The number of nitrogens with two attached hydrogens (primary N) is 1. The van der Waals surface area contributed by atoms with Crippen LogP contribution in [0.15, 0.2) is 24.8 Å². The van der Waals surface area contributed by atoms with Crippen LogP contribution in [0.3, 0.4) is 0 Å². The fourth-order valence-electron chi connectivity index (χ4n) is 2.09. The Balaban J connectivity index is 4.47. The van der Waals surface area contributed by atoms with E-state index in [4.69, 9.17) is 5.73 Å². The lowest BCUT2D eigenvalue weighted by molar-refractivity contribution is 0.339. The van der Waals surface area contributed by atoms with E-state index in [1.165, 1.54) is 0 Å². The molecule has 2 atom stereocenters.